The molecule has 0 unspecified atom stereocenters. The van der Waals surface area contributed by atoms with E-state index < -0.39 is 5.97 Å². The van der Waals surface area contributed by atoms with Crippen molar-refractivity contribution >= 4 is 22.8 Å². The summed E-state index contributed by atoms with van der Waals surface area (Å²) in [6, 6.07) is 20.6. The van der Waals surface area contributed by atoms with Gasteiger partial charge in [0.1, 0.15) is 12.4 Å². The van der Waals surface area contributed by atoms with Gasteiger partial charge in [0.2, 0.25) is 0 Å². The average Bonchev–Trinajstić information content (AvgIpc) is 3.24. The number of esters is 2. The van der Waals surface area contributed by atoms with Crippen molar-refractivity contribution in [2.24, 2.45) is 0 Å². The highest BCUT2D eigenvalue weighted by atomic mass is 16.5. The molecule has 35 heavy (non-hydrogen) atoms. The lowest BCUT2D eigenvalue weighted by Gasteiger charge is -2.10. The Morgan fingerprint density at radius 3 is 2.31 bits per heavy atom. The van der Waals surface area contributed by atoms with Crippen LogP contribution in [0.1, 0.15) is 50.8 Å². The molecule has 0 aliphatic rings. The summed E-state index contributed by atoms with van der Waals surface area (Å²) in [7, 11) is 2.94. The Balaban J connectivity index is 1.65. The van der Waals surface area contributed by atoms with Gasteiger partial charge in [0.15, 0.2) is 0 Å². The molecule has 0 saturated heterocycles. The predicted molar refractivity (Wildman–Crippen MR) is 135 cm³/mol. The smallest absolute Gasteiger partial charge is 0.338 e. The third-order valence-corrected chi connectivity index (χ3v) is 5.97. The molecule has 0 N–H and O–H groups in total. The number of aryl methyl sites for hydroxylation is 1. The van der Waals surface area contributed by atoms with Gasteiger partial charge in [-0.1, -0.05) is 43.3 Å². The molecule has 0 saturated carbocycles. The van der Waals surface area contributed by atoms with E-state index in [0.29, 0.717) is 23.3 Å². The first-order valence-corrected chi connectivity index (χ1v) is 11.6. The largest absolute Gasteiger partial charge is 0.496 e. The number of ether oxygens (including phenoxy) is 3. The molecule has 0 aliphatic carbocycles. The van der Waals surface area contributed by atoms with Gasteiger partial charge in [0.25, 0.3) is 0 Å². The molecule has 4 aromatic rings. The molecule has 0 fully saturated rings. The van der Waals surface area contributed by atoms with Crippen LogP contribution in [-0.2, 0) is 29.0 Å². The number of carbonyl (C=O) groups excluding carboxylic acids is 2. The molecular weight excluding hydrogens is 442 g/mol. The van der Waals surface area contributed by atoms with Crippen LogP contribution in [0.3, 0.4) is 0 Å². The first-order valence-electron chi connectivity index (χ1n) is 11.6. The Bertz CT molecular complexity index is 1340. The minimum absolute atomic E-state index is 0.227. The van der Waals surface area contributed by atoms with E-state index in [9.17, 15) is 9.59 Å². The van der Waals surface area contributed by atoms with Crippen molar-refractivity contribution in [1.82, 2.24) is 4.57 Å². The van der Waals surface area contributed by atoms with E-state index in [1.165, 1.54) is 7.11 Å². The molecule has 0 atom stereocenters. The maximum atomic E-state index is 12.8. The Morgan fingerprint density at radius 2 is 1.60 bits per heavy atom. The fourth-order valence-corrected chi connectivity index (χ4v) is 4.21. The molecular formula is C29H29NO5. The molecule has 6 heteroatoms. The monoisotopic (exact) mass is 471 g/mol. The van der Waals surface area contributed by atoms with Gasteiger partial charge in [-0.2, -0.15) is 0 Å². The number of benzene rings is 3. The minimum Gasteiger partial charge on any atom is -0.496 e. The lowest BCUT2D eigenvalue weighted by Crippen LogP contribution is -2.05. The summed E-state index contributed by atoms with van der Waals surface area (Å²) in [5.74, 6) is -0.152. The molecule has 0 aliphatic heterocycles. The molecule has 0 radical (unpaired) electrons. The van der Waals surface area contributed by atoms with E-state index in [1.54, 1.807) is 19.2 Å². The summed E-state index contributed by atoms with van der Waals surface area (Å²) in [4.78, 5) is 24.7. The zero-order valence-electron chi connectivity index (χ0n) is 20.2. The number of fused-ring (bicyclic) bond motifs is 1. The first kappa shape index (κ1) is 24.1. The van der Waals surface area contributed by atoms with Gasteiger partial charge >= 0.3 is 11.9 Å². The molecule has 6 nitrogen and oxygen atoms in total. The molecule has 3 aromatic carbocycles. The number of methoxy groups -OCH3 is 2. The molecule has 0 amide bonds. The van der Waals surface area contributed by atoms with Crippen molar-refractivity contribution in [2.75, 3.05) is 14.2 Å². The van der Waals surface area contributed by atoms with E-state index >= 15 is 0 Å². The Labute approximate surface area is 205 Å². The van der Waals surface area contributed by atoms with E-state index in [-0.39, 0.29) is 12.6 Å². The number of nitrogens with zero attached hydrogens (tertiary/aromatic N) is 1. The molecule has 180 valence electrons. The highest BCUT2D eigenvalue weighted by molar-refractivity contribution is 5.96. The van der Waals surface area contributed by atoms with Crippen LogP contribution in [0, 0.1) is 0 Å². The summed E-state index contributed by atoms with van der Waals surface area (Å²) in [5.41, 5.74) is 4.95. The van der Waals surface area contributed by atoms with Crippen molar-refractivity contribution in [3.05, 3.63) is 101 Å². The Morgan fingerprint density at radius 1 is 0.857 bits per heavy atom. The van der Waals surface area contributed by atoms with Gasteiger partial charge in [-0.3, -0.25) is 0 Å². The van der Waals surface area contributed by atoms with Gasteiger partial charge in [-0.05, 0) is 53.4 Å². The predicted octanol–water partition coefficient (Wildman–Crippen LogP) is 5.79. The fraction of sp³-hybridized carbons (Fsp3) is 0.241. The summed E-state index contributed by atoms with van der Waals surface area (Å²) in [5, 5.41) is 0.992. The number of rotatable bonds is 9. The van der Waals surface area contributed by atoms with Crippen LogP contribution in [0.25, 0.3) is 10.9 Å². The van der Waals surface area contributed by atoms with E-state index in [2.05, 4.69) is 17.7 Å². The summed E-state index contributed by atoms with van der Waals surface area (Å²) < 4.78 is 18.1. The van der Waals surface area contributed by atoms with Gasteiger partial charge in [0.05, 0.1) is 25.3 Å². The zero-order chi connectivity index (χ0) is 24.8. The number of hydrogen-bond acceptors (Lipinski definition) is 5. The van der Waals surface area contributed by atoms with Crippen molar-refractivity contribution in [1.29, 1.82) is 0 Å². The Hall–Kier alpha value is -4.06. The molecule has 0 spiro atoms. The number of aromatic nitrogens is 1. The second kappa shape index (κ2) is 10.9. The topological polar surface area (TPSA) is 66.8 Å². The summed E-state index contributed by atoms with van der Waals surface area (Å²) in [6.07, 6.45) is 3.70. The zero-order valence-corrected chi connectivity index (χ0v) is 20.2. The first-order chi connectivity index (χ1) is 17.0. The van der Waals surface area contributed by atoms with Crippen LogP contribution in [0.2, 0.25) is 0 Å². The van der Waals surface area contributed by atoms with Crippen molar-refractivity contribution in [3.63, 3.8) is 0 Å². The van der Waals surface area contributed by atoms with Crippen LogP contribution >= 0.6 is 0 Å². The molecule has 1 aromatic heterocycles. The van der Waals surface area contributed by atoms with E-state index in [0.717, 1.165) is 40.6 Å². The second-order valence-electron chi connectivity index (χ2n) is 8.34. The van der Waals surface area contributed by atoms with Gasteiger partial charge in [-0.25, -0.2) is 9.59 Å². The SMILES string of the molecule is CCCn1cc(Cc2ccc(C(=O)OC)cc2OC)c2cc(C(=O)OCc3ccccc3)ccc21. The summed E-state index contributed by atoms with van der Waals surface area (Å²) >= 11 is 0. The highest BCUT2D eigenvalue weighted by Crippen LogP contribution is 2.30. The van der Waals surface area contributed by atoms with Gasteiger partial charge in [-0.15, -0.1) is 0 Å². The van der Waals surface area contributed by atoms with Crippen LogP contribution in [0.4, 0.5) is 0 Å². The van der Waals surface area contributed by atoms with Gasteiger partial charge in [0, 0.05) is 30.1 Å². The second-order valence-corrected chi connectivity index (χ2v) is 8.34. The summed E-state index contributed by atoms with van der Waals surface area (Å²) in [6.45, 7) is 3.23. The van der Waals surface area contributed by atoms with Gasteiger partial charge < -0.3 is 18.8 Å². The van der Waals surface area contributed by atoms with E-state index in [4.69, 9.17) is 14.2 Å². The number of carbonyl (C=O) groups is 2. The van der Waals surface area contributed by atoms with Crippen LogP contribution in [-0.4, -0.2) is 30.7 Å². The molecule has 0 bridgehead atoms. The quantitative estimate of drug-likeness (QED) is 0.289. The average molecular weight is 472 g/mol. The lowest BCUT2D eigenvalue weighted by molar-refractivity contribution is 0.0472. The Kier molecular flexibility index (Phi) is 7.51. The normalized spacial score (nSPS) is 10.8. The van der Waals surface area contributed by atoms with Crippen molar-refractivity contribution in [3.8, 4) is 5.75 Å². The number of hydrogen-bond donors (Lipinski definition) is 0. The highest BCUT2D eigenvalue weighted by Gasteiger charge is 2.16. The maximum Gasteiger partial charge on any atom is 0.338 e. The molecule has 1 heterocycles. The van der Waals surface area contributed by atoms with Crippen LogP contribution < -0.4 is 4.74 Å². The maximum absolute atomic E-state index is 12.8. The van der Waals surface area contributed by atoms with E-state index in [1.807, 2.05) is 54.6 Å². The van der Waals surface area contributed by atoms with Crippen molar-refractivity contribution < 1.29 is 23.8 Å². The van der Waals surface area contributed by atoms with Crippen LogP contribution in [0.15, 0.2) is 72.9 Å². The van der Waals surface area contributed by atoms with Crippen molar-refractivity contribution in [2.45, 2.75) is 32.9 Å². The third kappa shape index (κ3) is 5.38. The fourth-order valence-electron chi connectivity index (χ4n) is 4.21. The molecule has 4 rings (SSSR count). The standard InChI is InChI=1S/C29H29NO5/c1-4-14-30-18-24(15-21-10-11-23(28(31)34-3)17-27(21)33-2)25-16-22(12-13-26(25)30)29(32)35-19-20-8-6-5-7-9-20/h5-13,16-18H,4,14-15,19H2,1-3H3. The lowest BCUT2D eigenvalue weighted by atomic mass is 10.0. The van der Waals surface area contributed by atoms with Crippen LogP contribution in [0.5, 0.6) is 5.75 Å². The third-order valence-electron chi connectivity index (χ3n) is 5.97. The minimum atomic E-state index is -0.409.